The largest absolute Gasteiger partial charge is 0.463 e. The first-order chi connectivity index (χ1) is 12.4. The molecule has 7 nitrogen and oxygen atoms in total. The van der Waals surface area contributed by atoms with Crippen LogP contribution >= 0.6 is 0 Å². The maximum absolute atomic E-state index is 11.5. The zero-order chi connectivity index (χ0) is 19.1. The lowest BCUT2D eigenvalue weighted by atomic mass is 10.1. The first kappa shape index (κ1) is 19.7. The molecule has 4 atom stereocenters. The topological polar surface area (TPSA) is 88.1 Å². The molecule has 1 aliphatic heterocycles. The summed E-state index contributed by atoms with van der Waals surface area (Å²) in [5.74, 6) is -1.55. The standard InChI is InChI=1S/C19H22O7/c1-12(20)23-11-17-19(25-14(3)22)18(24-13(2)21)16(26-17)10-9-15-7-5-4-6-8-15/h4-10,16-19H,11H2,1-3H3/b10-9+/t16-,17-,18-,19-/m1/s1. The predicted octanol–water partition coefficient (Wildman–Crippen LogP) is 1.89. The molecule has 1 aliphatic rings. The summed E-state index contributed by atoms with van der Waals surface area (Å²) in [6.45, 7) is 3.68. The van der Waals surface area contributed by atoms with Crippen molar-refractivity contribution in [1.29, 1.82) is 0 Å². The van der Waals surface area contributed by atoms with Crippen LogP contribution in [0.5, 0.6) is 0 Å². The molecule has 1 heterocycles. The van der Waals surface area contributed by atoms with E-state index in [9.17, 15) is 14.4 Å². The van der Waals surface area contributed by atoms with Crippen LogP contribution in [0.1, 0.15) is 26.3 Å². The van der Waals surface area contributed by atoms with Crippen molar-refractivity contribution in [3.63, 3.8) is 0 Å². The fourth-order valence-electron chi connectivity index (χ4n) is 2.67. The van der Waals surface area contributed by atoms with Crippen LogP contribution in [0, 0.1) is 0 Å². The Morgan fingerprint density at radius 1 is 0.962 bits per heavy atom. The van der Waals surface area contributed by atoms with Gasteiger partial charge in [0.1, 0.15) is 18.8 Å². The van der Waals surface area contributed by atoms with Crippen LogP contribution in [0.3, 0.4) is 0 Å². The number of carbonyl (C=O) groups is 3. The van der Waals surface area contributed by atoms with Gasteiger partial charge in [-0.3, -0.25) is 14.4 Å². The second-order valence-electron chi connectivity index (χ2n) is 5.86. The Hall–Kier alpha value is -2.67. The van der Waals surface area contributed by atoms with E-state index in [1.54, 1.807) is 6.08 Å². The van der Waals surface area contributed by atoms with E-state index < -0.39 is 42.3 Å². The Labute approximate surface area is 151 Å². The van der Waals surface area contributed by atoms with Gasteiger partial charge in [-0.15, -0.1) is 0 Å². The molecule has 0 unspecified atom stereocenters. The number of ether oxygens (including phenoxy) is 4. The van der Waals surface area contributed by atoms with Gasteiger partial charge in [0.15, 0.2) is 12.2 Å². The van der Waals surface area contributed by atoms with Crippen LogP contribution in [0.4, 0.5) is 0 Å². The summed E-state index contributed by atoms with van der Waals surface area (Å²) in [7, 11) is 0. The summed E-state index contributed by atoms with van der Waals surface area (Å²) in [6, 6.07) is 9.50. The molecule has 7 heteroatoms. The highest BCUT2D eigenvalue weighted by Crippen LogP contribution is 2.29. The second kappa shape index (κ2) is 9.15. The molecular weight excluding hydrogens is 340 g/mol. The highest BCUT2D eigenvalue weighted by atomic mass is 16.6. The van der Waals surface area contributed by atoms with Crippen LogP contribution in [-0.4, -0.2) is 48.9 Å². The molecule has 1 saturated heterocycles. The van der Waals surface area contributed by atoms with Gasteiger partial charge in [-0.1, -0.05) is 42.5 Å². The van der Waals surface area contributed by atoms with E-state index in [1.165, 1.54) is 20.8 Å². The molecule has 1 aromatic carbocycles. The van der Waals surface area contributed by atoms with Crippen molar-refractivity contribution in [2.24, 2.45) is 0 Å². The third-order valence-corrected chi connectivity index (χ3v) is 3.68. The molecule has 26 heavy (non-hydrogen) atoms. The number of hydrogen-bond donors (Lipinski definition) is 0. The minimum Gasteiger partial charge on any atom is -0.463 e. The van der Waals surface area contributed by atoms with Crippen molar-refractivity contribution in [3.8, 4) is 0 Å². The molecule has 0 spiro atoms. The number of hydrogen-bond acceptors (Lipinski definition) is 7. The molecule has 1 fully saturated rings. The molecule has 0 amide bonds. The number of carbonyl (C=O) groups excluding carboxylic acids is 3. The van der Waals surface area contributed by atoms with Crippen LogP contribution in [0.25, 0.3) is 6.08 Å². The third kappa shape index (κ3) is 5.70. The Morgan fingerprint density at radius 3 is 2.15 bits per heavy atom. The van der Waals surface area contributed by atoms with Gasteiger partial charge in [0.25, 0.3) is 0 Å². The van der Waals surface area contributed by atoms with E-state index in [0.29, 0.717) is 0 Å². The highest BCUT2D eigenvalue weighted by Gasteiger charge is 2.48. The summed E-state index contributed by atoms with van der Waals surface area (Å²) < 4.78 is 21.4. The van der Waals surface area contributed by atoms with Crippen molar-refractivity contribution in [2.45, 2.75) is 45.2 Å². The average molecular weight is 362 g/mol. The number of esters is 3. The normalized spacial score (nSPS) is 25.0. The van der Waals surface area contributed by atoms with E-state index >= 15 is 0 Å². The summed E-state index contributed by atoms with van der Waals surface area (Å²) in [5, 5.41) is 0. The molecule has 1 aromatic rings. The van der Waals surface area contributed by atoms with E-state index in [2.05, 4.69) is 0 Å². The van der Waals surface area contributed by atoms with Gasteiger partial charge >= 0.3 is 17.9 Å². The summed E-state index contributed by atoms with van der Waals surface area (Å²) >= 11 is 0. The first-order valence-corrected chi connectivity index (χ1v) is 8.23. The Balaban J connectivity index is 2.22. The Morgan fingerprint density at radius 2 is 1.58 bits per heavy atom. The van der Waals surface area contributed by atoms with Gasteiger partial charge in [-0.2, -0.15) is 0 Å². The highest BCUT2D eigenvalue weighted by molar-refractivity contribution is 5.68. The zero-order valence-corrected chi connectivity index (χ0v) is 14.9. The van der Waals surface area contributed by atoms with Gasteiger partial charge < -0.3 is 18.9 Å². The zero-order valence-electron chi connectivity index (χ0n) is 14.9. The van der Waals surface area contributed by atoms with Crippen LogP contribution < -0.4 is 0 Å². The quantitative estimate of drug-likeness (QED) is 0.564. The van der Waals surface area contributed by atoms with Gasteiger partial charge in [-0.05, 0) is 5.56 Å². The maximum atomic E-state index is 11.5. The SMILES string of the molecule is CC(=O)OC[C@H]1O[C@H](/C=C/c2ccccc2)[C@@H](OC(C)=O)[C@@H]1OC(C)=O. The smallest absolute Gasteiger partial charge is 0.303 e. The van der Waals surface area contributed by atoms with Crippen LogP contribution in [-0.2, 0) is 33.3 Å². The third-order valence-electron chi connectivity index (χ3n) is 3.68. The van der Waals surface area contributed by atoms with E-state index in [-0.39, 0.29) is 6.61 Å². The lowest BCUT2D eigenvalue weighted by Gasteiger charge is -2.22. The average Bonchev–Trinajstić information content (AvgIpc) is 2.88. The summed E-state index contributed by atoms with van der Waals surface area (Å²) in [4.78, 5) is 34.0. The van der Waals surface area contributed by atoms with Gasteiger partial charge in [0.2, 0.25) is 0 Å². The van der Waals surface area contributed by atoms with Crippen molar-refractivity contribution in [1.82, 2.24) is 0 Å². The number of rotatable bonds is 6. The Bertz CT molecular complexity index is 668. The fraction of sp³-hybridized carbons (Fsp3) is 0.421. The molecule has 0 saturated carbocycles. The minimum atomic E-state index is -0.874. The lowest BCUT2D eigenvalue weighted by molar-refractivity contribution is -0.165. The summed E-state index contributed by atoms with van der Waals surface area (Å²) in [6.07, 6.45) is 0.451. The Kier molecular flexibility index (Phi) is 6.91. The van der Waals surface area contributed by atoms with Crippen molar-refractivity contribution in [2.75, 3.05) is 6.61 Å². The lowest BCUT2D eigenvalue weighted by Crippen LogP contribution is -2.40. The first-order valence-electron chi connectivity index (χ1n) is 8.23. The van der Waals surface area contributed by atoms with Crippen LogP contribution in [0.2, 0.25) is 0 Å². The number of benzene rings is 1. The molecule has 0 radical (unpaired) electrons. The van der Waals surface area contributed by atoms with Gasteiger partial charge in [0.05, 0.1) is 0 Å². The monoisotopic (exact) mass is 362 g/mol. The molecular formula is C19H22O7. The van der Waals surface area contributed by atoms with Gasteiger partial charge in [0, 0.05) is 20.8 Å². The van der Waals surface area contributed by atoms with E-state index in [0.717, 1.165) is 5.56 Å². The molecule has 0 bridgehead atoms. The van der Waals surface area contributed by atoms with Crippen molar-refractivity contribution in [3.05, 3.63) is 42.0 Å². The van der Waals surface area contributed by atoms with Crippen LogP contribution in [0.15, 0.2) is 36.4 Å². The molecule has 0 aliphatic carbocycles. The second-order valence-corrected chi connectivity index (χ2v) is 5.86. The predicted molar refractivity (Wildman–Crippen MR) is 91.9 cm³/mol. The molecule has 0 aromatic heterocycles. The van der Waals surface area contributed by atoms with Crippen molar-refractivity contribution >= 4 is 24.0 Å². The molecule has 2 rings (SSSR count). The maximum Gasteiger partial charge on any atom is 0.303 e. The van der Waals surface area contributed by atoms with E-state index in [4.69, 9.17) is 18.9 Å². The van der Waals surface area contributed by atoms with Crippen molar-refractivity contribution < 1.29 is 33.3 Å². The molecule has 140 valence electrons. The minimum absolute atomic E-state index is 0.110. The fourth-order valence-corrected chi connectivity index (χ4v) is 2.67. The molecule has 0 N–H and O–H groups in total. The summed E-state index contributed by atoms with van der Waals surface area (Å²) in [5.41, 5.74) is 0.935. The van der Waals surface area contributed by atoms with E-state index in [1.807, 2.05) is 36.4 Å². The van der Waals surface area contributed by atoms with Gasteiger partial charge in [-0.25, -0.2) is 0 Å².